The zero-order valence-electron chi connectivity index (χ0n) is 10.5. The van der Waals surface area contributed by atoms with Crippen molar-refractivity contribution in [1.29, 1.82) is 0 Å². The molecule has 0 unspecified atom stereocenters. The van der Waals surface area contributed by atoms with Gasteiger partial charge in [0.1, 0.15) is 21.7 Å². The van der Waals surface area contributed by atoms with Crippen LogP contribution < -0.4 is 9.46 Å². The molecule has 0 radical (unpaired) electrons. The Morgan fingerprint density at radius 2 is 1.95 bits per heavy atom. The third-order valence-corrected chi connectivity index (χ3v) is 3.84. The van der Waals surface area contributed by atoms with Crippen LogP contribution in [0.2, 0.25) is 5.15 Å². The minimum Gasteiger partial charge on any atom is -0.481 e. The number of hydrogen-bond donors (Lipinski definition) is 1. The van der Waals surface area contributed by atoms with E-state index in [0.29, 0.717) is 6.07 Å². The lowest BCUT2D eigenvalue weighted by Crippen LogP contribution is -2.16. The predicted molar refractivity (Wildman–Crippen MR) is 70.8 cm³/mol. The third-order valence-electron chi connectivity index (χ3n) is 2.29. The van der Waals surface area contributed by atoms with Crippen LogP contribution in [0.25, 0.3) is 0 Å². The Balaban J connectivity index is 2.39. The van der Waals surface area contributed by atoms with Crippen molar-refractivity contribution < 1.29 is 21.9 Å². The molecule has 10 heteroatoms. The fraction of sp³-hybridized carbons (Fsp3) is 0.0909. The van der Waals surface area contributed by atoms with Crippen LogP contribution in [-0.2, 0) is 10.0 Å². The van der Waals surface area contributed by atoms with Crippen LogP contribution >= 0.6 is 11.6 Å². The van der Waals surface area contributed by atoms with Crippen molar-refractivity contribution in [2.45, 2.75) is 4.90 Å². The van der Waals surface area contributed by atoms with Crippen molar-refractivity contribution in [2.24, 2.45) is 0 Å². The standard InChI is InChI=1S/C11H8ClF2N3O3S/c1-20-10-5-9(12)15-11(16-10)17-21(18,19)8-3-2-6(13)4-7(8)14/h2-5H,1H3,(H,15,16,17). The Kier molecular flexibility index (Phi) is 4.24. The van der Waals surface area contributed by atoms with E-state index in [9.17, 15) is 17.2 Å². The predicted octanol–water partition coefficient (Wildman–Crippen LogP) is 2.22. The molecule has 2 aromatic rings. The highest BCUT2D eigenvalue weighted by atomic mass is 35.5. The lowest BCUT2D eigenvalue weighted by atomic mass is 10.3. The fourth-order valence-corrected chi connectivity index (χ4v) is 2.59. The molecule has 2 rings (SSSR count). The first kappa shape index (κ1) is 15.4. The van der Waals surface area contributed by atoms with Crippen molar-refractivity contribution in [3.05, 3.63) is 41.1 Å². The second-order valence-electron chi connectivity index (χ2n) is 3.74. The number of anilines is 1. The summed E-state index contributed by atoms with van der Waals surface area (Å²) in [5.41, 5.74) is 0. The van der Waals surface area contributed by atoms with Gasteiger partial charge in [0.15, 0.2) is 0 Å². The number of nitrogens with one attached hydrogen (secondary N) is 1. The van der Waals surface area contributed by atoms with Gasteiger partial charge < -0.3 is 4.74 Å². The molecule has 21 heavy (non-hydrogen) atoms. The first-order chi connectivity index (χ1) is 9.81. The van der Waals surface area contributed by atoms with Gasteiger partial charge in [0, 0.05) is 12.1 Å². The van der Waals surface area contributed by atoms with Gasteiger partial charge in [0.05, 0.1) is 7.11 Å². The summed E-state index contributed by atoms with van der Waals surface area (Å²) in [4.78, 5) is 6.59. The van der Waals surface area contributed by atoms with E-state index in [-0.39, 0.29) is 11.0 Å². The van der Waals surface area contributed by atoms with Gasteiger partial charge >= 0.3 is 0 Å². The molecule has 6 nitrogen and oxygen atoms in total. The summed E-state index contributed by atoms with van der Waals surface area (Å²) in [6, 6.07) is 3.32. The van der Waals surface area contributed by atoms with Gasteiger partial charge in [-0.2, -0.15) is 4.98 Å². The molecule has 0 amide bonds. The van der Waals surface area contributed by atoms with Crippen LogP contribution in [0.1, 0.15) is 0 Å². The fourth-order valence-electron chi connectivity index (χ4n) is 1.42. The van der Waals surface area contributed by atoms with Crippen molar-refractivity contribution in [2.75, 3.05) is 11.8 Å². The van der Waals surface area contributed by atoms with E-state index in [2.05, 4.69) is 9.97 Å². The Morgan fingerprint density at radius 1 is 1.24 bits per heavy atom. The van der Waals surface area contributed by atoms with Crippen molar-refractivity contribution in [3.8, 4) is 5.88 Å². The van der Waals surface area contributed by atoms with E-state index in [1.54, 1.807) is 0 Å². The summed E-state index contributed by atoms with van der Waals surface area (Å²) in [6.07, 6.45) is 0. The van der Waals surface area contributed by atoms with Gasteiger partial charge in [-0.3, -0.25) is 0 Å². The normalized spacial score (nSPS) is 11.2. The summed E-state index contributed by atoms with van der Waals surface area (Å²) in [7, 11) is -3.03. The maximum atomic E-state index is 13.5. The lowest BCUT2D eigenvalue weighted by Gasteiger charge is -2.08. The SMILES string of the molecule is COc1cc(Cl)nc(NS(=O)(=O)c2ccc(F)cc2F)n1. The highest BCUT2D eigenvalue weighted by Crippen LogP contribution is 2.21. The second kappa shape index (κ2) is 5.78. The molecule has 0 saturated carbocycles. The number of benzene rings is 1. The maximum Gasteiger partial charge on any atom is 0.267 e. The Labute approximate surface area is 123 Å². The average molecular weight is 336 g/mol. The maximum absolute atomic E-state index is 13.5. The number of halogens is 3. The number of sulfonamides is 1. The molecular weight excluding hydrogens is 328 g/mol. The van der Waals surface area contributed by atoms with E-state index in [0.717, 1.165) is 12.1 Å². The largest absolute Gasteiger partial charge is 0.481 e. The molecule has 0 aliphatic carbocycles. The number of ether oxygens (including phenoxy) is 1. The number of methoxy groups -OCH3 is 1. The summed E-state index contributed by atoms with van der Waals surface area (Å²) in [5, 5.41) is -0.0703. The molecule has 112 valence electrons. The van der Waals surface area contributed by atoms with Gasteiger partial charge in [0.25, 0.3) is 10.0 Å². The summed E-state index contributed by atoms with van der Waals surface area (Å²) < 4.78 is 57.1. The second-order valence-corrected chi connectivity index (χ2v) is 5.77. The van der Waals surface area contributed by atoms with E-state index >= 15 is 0 Å². The molecular formula is C11H8ClF2N3O3S. The zero-order valence-corrected chi connectivity index (χ0v) is 12.0. The van der Waals surface area contributed by atoms with Crippen LogP contribution in [0.3, 0.4) is 0 Å². The first-order valence-corrected chi connectivity index (χ1v) is 7.24. The quantitative estimate of drug-likeness (QED) is 0.866. The van der Waals surface area contributed by atoms with Gasteiger partial charge in [-0.25, -0.2) is 26.9 Å². The van der Waals surface area contributed by atoms with E-state index in [4.69, 9.17) is 16.3 Å². The number of aromatic nitrogens is 2. The minimum atomic E-state index is -4.33. The minimum absolute atomic E-state index is 0.0206. The van der Waals surface area contributed by atoms with Crippen LogP contribution in [0.4, 0.5) is 14.7 Å². The number of nitrogens with zero attached hydrogens (tertiary/aromatic N) is 2. The zero-order chi connectivity index (χ0) is 15.6. The Hall–Kier alpha value is -2.00. The lowest BCUT2D eigenvalue weighted by molar-refractivity contribution is 0.397. The molecule has 1 aromatic carbocycles. The molecule has 0 aliphatic heterocycles. The van der Waals surface area contributed by atoms with Gasteiger partial charge in [-0.05, 0) is 12.1 Å². The topological polar surface area (TPSA) is 81.2 Å². The first-order valence-electron chi connectivity index (χ1n) is 5.38. The summed E-state index contributed by atoms with van der Waals surface area (Å²) >= 11 is 5.67. The Bertz CT molecular complexity index is 786. The average Bonchev–Trinajstić information content (AvgIpc) is 2.36. The van der Waals surface area contributed by atoms with Crippen molar-refractivity contribution in [1.82, 2.24) is 9.97 Å². The summed E-state index contributed by atoms with van der Waals surface area (Å²) in [6.45, 7) is 0. The van der Waals surface area contributed by atoms with E-state index in [1.807, 2.05) is 4.72 Å². The molecule has 0 saturated heterocycles. The van der Waals surface area contributed by atoms with Crippen LogP contribution in [-0.4, -0.2) is 25.5 Å². The molecule has 0 aliphatic rings. The molecule has 1 heterocycles. The van der Waals surface area contributed by atoms with Gasteiger partial charge in [0.2, 0.25) is 11.8 Å². The van der Waals surface area contributed by atoms with Gasteiger partial charge in [-0.15, -0.1) is 0 Å². The van der Waals surface area contributed by atoms with Crippen LogP contribution in [0.5, 0.6) is 5.88 Å². The van der Waals surface area contributed by atoms with Crippen LogP contribution in [0.15, 0.2) is 29.2 Å². The van der Waals surface area contributed by atoms with Crippen molar-refractivity contribution >= 4 is 27.6 Å². The molecule has 0 bridgehead atoms. The highest BCUT2D eigenvalue weighted by molar-refractivity contribution is 7.92. The molecule has 0 atom stereocenters. The van der Waals surface area contributed by atoms with Gasteiger partial charge in [-0.1, -0.05) is 11.6 Å². The molecule has 1 N–H and O–H groups in total. The monoisotopic (exact) mass is 335 g/mol. The van der Waals surface area contributed by atoms with E-state index < -0.39 is 32.5 Å². The molecule has 0 spiro atoms. The number of rotatable bonds is 4. The number of hydrogen-bond acceptors (Lipinski definition) is 5. The van der Waals surface area contributed by atoms with Crippen molar-refractivity contribution in [3.63, 3.8) is 0 Å². The van der Waals surface area contributed by atoms with E-state index in [1.165, 1.54) is 13.2 Å². The van der Waals surface area contributed by atoms with Crippen LogP contribution in [0, 0.1) is 11.6 Å². The molecule has 1 aromatic heterocycles. The molecule has 0 fully saturated rings. The highest BCUT2D eigenvalue weighted by Gasteiger charge is 2.21. The summed E-state index contributed by atoms with van der Waals surface area (Å²) in [5.74, 6) is -2.51. The third kappa shape index (κ3) is 3.56. The Morgan fingerprint density at radius 3 is 2.57 bits per heavy atom. The smallest absolute Gasteiger partial charge is 0.267 e.